The first-order valence-corrected chi connectivity index (χ1v) is 17.9. The summed E-state index contributed by atoms with van der Waals surface area (Å²) in [5, 5.41) is 28.0. The van der Waals surface area contributed by atoms with Crippen molar-refractivity contribution >= 4 is 76.4 Å². The van der Waals surface area contributed by atoms with Gasteiger partial charge in [0, 0.05) is 39.3 Å². The van der Waals surface area contributed by atoms with Crippen LogP contribution in [0.1, 0.15) is 32.1 Å². The number of nitrogens with one attached hydrogen (secondary N) is 4. The largest absolute Gasteiger partial charge is 0.349 e. The quantitative estimate of drug-likeness (QED) is 0.0778. The number of hydrogen-bond donors (Lipinski definition) is 4. The molecule has 0 aliphatic rings. The maximum atomic E-state index is 12.9. The fourth-order valence-corrected chi connectivity index (χ4v) is 7.74. The molecule has 0 saturated heterocycles. The number of benzene rings is 8. The Labute approximate surface area is 300 Å². The Bertz CT molecular complexity index is 2540. The van der Waals surface area contributed by atoms with Crippen molar-refractivity contribution in [1.29, 1.82) is 0 Å². The second kappa shape index (κ2) is 13.5. The van der Waals surface area contributed by atoms with Crippen LogP contribution in [0.25, 0.3) is 64.6 Å². The van der Waals surface area contributed by atoms with Crippen molar-refractivity contribution in [2.45, 2.75) is 13.1 Å². The maximum Gasteiger partial charge on any atom is 0.269 e. The van der Waals surface area contributed by atoms with Crippen molar-refractivity contribution in [2.24, 2.45) is 0 Å². The molecule has 4 N–H and O–H groups in total. The third-order valence-corrected chi connectivity index (χ3v) is 10.3. The van der Waals surface area contributed by atoms with E-state index in [1.165, 1.54) is 75.8 Å². The minimum atomic E-state index is -0.311. The SMILES string of the molecule is O=C(NCCNCc1ccc2ccc3cccc4ccc1c2c34)c1cccc(C(=O)NCCNCc2ccc3ccc4cccc5ccc2c3c45)n1. The van der Waals surface area contributed by atoms with Crippen molar-refractivity contribution in [3.05, 3.63) is 150 Å². The average molecular weight is 680 g/mol. The lowest BCUT2D eigenvalue weighted by Crippen LogP contribution is -2.34. The molecule has 0 aliphatic heterocycles. The van der Waals surface area contributed by atoms with Gasteiger partial charge < -0.3 is 21.3 Å². The van der Waals surface area contributed by atoms with Gasteiger partial charge in [0.05, 0.1) is 0 Å². The van der Waals surface area contributed by atoms with Gasteiger partial charge in [-0.3, -0.25) is 9.59 Å². The standard InChI is InChI=1S/C45H37N5O2/c51-44(48-24-22-46-26-34-16-14-32-12-10-28-4-1-6-30-18-20-36(34)42(32)40(28)30)38-8-3-9-39(50-38)45(52)49-25-23-47-27-35-17-15-33-13-11-29-5-2-7-31-19-21-37(35)43(33)41(29)31/h1-21,46-47H,22-27H2,(H,48,51)(H,49,52). The van der Waals surface area contributed by atoms with E-state index < -0.39 is 0 Å². The van der Waals surface area contributed by atoms with Gasteiger partial charge in [-0.25, -0.2) is 4.98 Å². The molecule has 0 spiro atoms. The molecule has 52 heavy (non-hydrogen) atoms. The van der Waals surface area contributed by atoms with Gasteiger partial charge in [0.2, 0.25) is 0 Å². The van der Waals surface area contributed by atoms with E-state index in [-0.39, 0.29) is 23.2 Å². The summed E-state index contributed by atoms with van der Waals surface area (Å²) in [7, 11) is 0. The number of nitrogens with zero attached hydrogens (tertiary/aromatic N) is 1. The Morgan fingerprint density at radius 2 is 0.769 bits per heavy atom. The Morgan fingerprint density at radius 1 is 0.404 bits per heavy atom. The third kappa shape index (κ3) is 5.80. The summed E-state index contributed by atoms with van der Waals surface area (Å²) in [6.07, 6.45) is 0. The number of carbonyl (C=O) groups excluding carboxylic acids is 2. The lowest BCUT2D eigenvalue weighted by molar-refractivity contribution is 0.0944. The molecule has 0 saturated carbocycles. The number of hydrogen-bond acceptors (Lipinski definition) is 5. The lowest BCUT2D eigenvalue weighted by Gasteiger charge is -2.14. The van der Waals surface area contributed by atoms with Crippen molar-refractivity contribution < 1.29 is 9.59 Å². The highest BCUT2D eigenvalue weighted by atomic mass is 16.2. The third-order valence-electron chi connectivity index (χ3n) is 10.3. The maximum absolute atomic E-state index is 12.9. The second-order valence-electron chi connectivity index (χ2n) is 13.4. The number of pyridine rings is 1. The fourth-order valence-electron chi connectivity index (χ4n) is 7.74. The summed E-state index contributed by atoms with van der Waals surface area (Å²) in [6, 6.07) is 44.1. The van der Waals surface area contributed by atoms with Gasteiger partial charge in [-0.15, -0.1) is 0 Å². The van der Waals surface area contributed by atoms with Gasteiger partial charge in [-0.1, -0.05) is 115 Å². The summed E-state index contributed by atoms with van der Waals surface area (Å²) in [5.74, 6) is -0.622. The predicted molar refractivity (Wildman–Crippen MR) is 213 cm³/mol. The summed E-state index contributed by atoms with van der Waals surface area (Å²) in [4.78, 5) is 30.2. The van der Waals surface area contributed by atoms with Crippen molar-refractivity contribution in [2.75, 3.05) is 26.2 Å². The van der Waals surface area contributed by atoms with E-state index >= 15 is 0 Å². The number of aromatic nitrogens is 1. The molecule has 0 fully saturated rings. The molecule has 1 heterocycles. The molecule has 0 radical (unpaired) electrons. The minimum Gasteiger partial charge on any atom is -0.349 e. The molecule has 0 bridgehead atoms. The molecular formula is C45H37N5O2. The van der Waals surface area contributed by atoms with E-state index in [0.29, 0.717) is 39.3 Å². The minimum absolute atomic E-state index is 0.214. The van der Waals surface area contributed by atoms with Gasteiger partial charge >= 0.3 is 0 Å². The van der Waals surface area contributed by atoms with E-state index in [9.17, 15) is 9.59 Å². The summed E-state index contributed by atoms with van der Waals surface area (Å²) in [5.41, 5.74) is 2.87. The van der Waals surface area contributed by atoms with Gasteiger partial charge in [0.1, 0.15) is 11.4 Å². The van der Waals surface area contributed by atoms with Crippen LogP contribution in [0.15, 0.2) is 127 Å². The molecule has 1 aromatic heterocycles. The van der Waals surface area contributed by atoms with E-state index in [4.69, 9.17) is 0 Å². The molecule has 0 aliphatic carbocycles. The normalized spacial score (nSPS) is 11.8. The van der Waals surface area contributed by atoms with Crippen LogP contribution >= 0.6 is 0 Å². The average Bonchev–Trinajstić information content (AvgIpc) is 3.19. The first-order valence-electron chi connectivity index (χ1n) is 17.9. The second-order valence-corrected chi connectivity index (χ2v) is 13.4. The lowest BCUT2D eigenvalue weighted by atomic mass is 9.92. The molecule has 9 aromatic rings. The highest BCUT2D eigenvalue weighted by Crippen LogP contribution is 2.37. The van der Waals surface area contributed by atoms with E-state index in [1.807, 2.05) is 0 Å². The zero-order valence-corrected chi connectivity index (χ0v) is 28.6. The number of rotatable bonds is 12. The van der Waals surface area contributed by atoms with E-state index in [2.05, 4.69) is 135 Å². The fraction of sp³-hybridized carbons (Fsp3) is 0.133. The van der Waals surface area contributed by atoms with Gasteiger partial charge in [-0.05, 0) is 87.9 Å². The van der Waals surface area contributed by atoms with Crippen LogP contribution in [0.2, 0.25) is 0 Å². The summed E-state index contributed by atoms with van der Waals surface area (Å²) >= 11 is 0. The highest BCUT2D eigenvalue weighted by molar-refractivity contribution is 6.24. The van der Waals surface area contributed by atoms with Crippen LogP contribution in [-0.4, -0.2) is 43.0 Å². The topological polar surface area (TPSA) is 95.2 Å². The molecule has 254 valence electrons. The number of carbonyl (C=O) groups is 2. The zero-order valence-electron chi connectivity index (χ0n) is 28.6. The monoisotopic (exact) mass is 679 g/mol. The number of amides is 2. The summed E-state index contributed by atoms with van der Waals surface area (Å²) in [6.45, 7) is 3.42. The zero-order chi connectivity index (χ0) is 35.0. The molecule has 0 unspecified atom stereocenters. The smallest absolute Gasteiger partial charge is 0.269 e. The predicted octanol–water partition coefficient (Wildman–Crippen LogP) is 7.92. The van der Waals surface area contributed by atoms with Gasteiger partial charge in [0.15, 0.2) is 0 Å². The molecular weight excluding hydrogens is 643 g/mol. The van der Waals surface area contributed by atoms with Crippen LogP contribution in [-0.2, 0) is 13.1 Å². The Hall–Kier alpha value is -6.15. The molecule has 7 heteroatoms. The van der Waals surface area contributed by atoms with Gasteiger partial charge in [-0.2, -0.15) is 0 Å². The summed E-state index contributed by atoms with van der Waals surface area (Å²) < 4.78 is 0. The van der Waals surface area contributed by atoms with E-state index in [1.54, 1.807) is 18.2 Å². The molecule has 8 aromatic carbocycles. The molecule has 9 rings (SSSR count). The van der Waals surface area contributed by atoms with Gasteiger partial charge in [0.25, 0.3) is 11.8 Å². The first-order chi connectivity index (χ1) is 25.6. The Kier molecular flexibility index (Phi) is 8.27. The van der Waals surface area contributed by atoms with Crippen LogP contribution in [0.4, 0.5) is 0 Å². The molecule has 7 nitrogen and oxygen atoms in total. The van der Waals surface area contributed by atoms with Crippen molar-refractivity contribution in [3.63, 3.8) is 0 Å². The molecule has 0 atom stereocenters. The van der Waals surface area contributed by atoms with Crippen LogP contribution < -0.4 is 21.3 Å². The highest BCUT2D eigenvalue weighted by Gasteiger charge is 2.14. The Morgan fingerprint density at radius 3 is 1.21 bits per heavy atom. The van der Waals surface area contributed by atoms with Crippen LogP contribution in [0, 0.1) is 0 Å². The van der Waals surface area contributed by atoms with Crippen LogP contribution in [0.3, 0.4) is 0 Å². The van der Waals surface area contributed by atoms with Crippen molar-refractivity contribution in [3.8, 4) is 0 Å². The van der Waals surface area contributed by atoms with Crippen LogP contribution in [0.5, 0.6) is 0 Å². The van der Waals surface area contributed by atoms with E-state index in [0.717, 1.165) is 0 Å². The Balaban J connectivity index is 0.754. The molecule has 2 amide bonds. The first kappa shape index (κ1) is 31.8. The van der Waals surface area contributed by atoms with Crippen molar-refractivity contribution in [1.82, 2.24) is 26.3 Å².